The van der Waals surface area contributed by atoms with Gasteiger partial charge in [0, 0.05) is 48.1 Å². The minimum absolute atomic E-state index is 0.0450. The van der Waals surface area contributed by atoms with Gasteiger partial charge in [0.15, 0.2) is 5.58 Å². The number of benzene rings is 2. The Morgan fingerprint density at radius 3 is 2.74 bits per heavy atom. The zero-order valence-electron chi connectivity index (χ0n) is 24.8. The Morgan fingerprint density at radius 2 is 1.98 bits per heavy atom. The van der Waals surface area contributed by atoms with Crippen LogP contribution in [0.25, 0.3) is 33.6 Å². The van der Waals surface area contributed by atoms with Crippen molar-refractivity contribution in [2.24, 2.45) is 5.92 Å². The van der Waals surface area contributed by atoms with Crippen molar-refractivity contribution in [2.45, 2.75) is 51.7 Å². The van der Waals surface area contributed by atoms with Gasteiger partial charge in [0.2, 0.25) is 0 Å². The van der Waals surface area contributed by atoms with Crippen LogP contribution < -0.4 is 10.1 Å². The number of ether oxygens (including phenoxy) is 2. The number of piperidine rings is 1. The van der Waals surface area contributed by atoms with Gasteiger partial charge in [0.05, 0.1) is 12.2 Å². The summed E-state index contributed by atoms with van der Waals surface area (Å²) in [5.41, 5.74) is 5.00. The molecule has 8 heteroatoms. The van der Waals surface area contributed by atoms with E-state index in [2.05, 4.69) is 35.1 Å². The maximum Gasteiger partial charge on any atom is 0.251 e. The predicted octanol–water partition coefficient (Wildman–Crippen LogP) is 6.44. The highest BCUT2D eigenvalue weighted by Crippen LogP contribution is 2.35. The summed E-state index contributed by atoms with van der Waals surface area (Å²) in [7, 11) is 0. The number of hydrogen-bond acceptors (Lipinski definition) is 7. The topological polar surface area (TPSA) is 101 Å². The summed E-state index contributed by atoms with van der Waals surface area (Å²) in [6.45, 7) is 8.76. The molecule has 4 heterocycles. The summed E-state index contributed by atoms with van der Waals surface area (Å²) in [6, 6.07) is 19.4. The highest BCUT2D eigenvalue weighted by atomic mass is 16.5. The standard InChI is InChI=1S/C35H38N4O4/c1-3-15-39-16-13-23(2)31(21-39)38-35(40)25-8-6-24(7-9-25)33-19-30-34(43-33)29(12-14-37-30)26-10-11-32(27(18-26)20-36)42-28-5-4-17-41-22-28/h6-12,14,18-19,23,28,31H,3-5,13,15-17,21-22H2,1-2H3,(H,38,40). The van der Waals surface area contributed by atoms with Crippen LogP contribution in [0, 0.1) is 17.2 Å². The van der Waals surface area contributed by atoms with Crippen molar-refractivity contribution in [2.75, 3.05) is 32.8 Å². The molecule has 0 saturated carbocycles. The van der Waals surface area contributed by atoms with Gasteiger partial charge in [-0.05, 0) is 80.6 Å². The van der Waals surface area contributed by atoms with E-state index in [1.54, 1.807) is 6.20 Å². The van der Waals surface area contributed by atoms with E-state index < -0.39 is 0 Å². The van der Waals surface area contributed by atoms with Crippen LogP contribution in [0.5, 0.6) is 5.75 Å². The molecule has 3 unspecified atom stereocenters. The minimum Gasteiger partial charge on any atom is -0.487 e. The molecule has 2 saturated heterocycles. The van der Waals surface area contributed by atoms with E-state index in [4.69, 9.17) is 13.9 Å². The average Bonchev–Trinajstić information content (AvgIpc) is 3.48. The highest BCUT2D eigenvalue weighted by Gasteiger charge is 2.27. The number of pyridine rings is 1. The molecule has 222 valence electrons. The quantitative estimate of drug-likeness (QED) is 0.257. The highest BCUT2D eigenvalue weighted by molar-refractivity contribution is 5.95. The third-order valence-corrected chi connectivity index (χ3v) is 8.57. The van der Waals surface area contributed by atoms with E-state index in [1.165, 1.54) is 0 Å². The average molecular weight is 579 g/mol. The van der Waals surface area contributed by atoms with Gasteiger partial charge in [0.1, 0.15) is 29.2 Å². The second-order valence-electron chi connectivity index (χ2n) is 11.7. The summed E-state index contributed by atoms with van der Waals surface area (Å²) in [5, 5.41) is 13.1. The largest absolute Gasteiger partial charge is 0.487 e. The molecule has 2 aliphatic rings. The van der Waals surface area contributed by atoms with Crippen LogP contribution in [0.2, 0.25) is 0 Å². The number of carbonyl (C=O) groups is 1. The number of aromatic nitrogens is 1. The number of nitrogens with zero attached hydrogens (tertiary/aromatic N) is 3. The Balaban J connectivity index is 1.19. The molecule has 2 aromatic heterocycles. The first-order chi connectivity index (χ1) is 21.0. The molecule has 2 aromatic carbocycles. The molecule has 2 aliphatic heterocycles. The Kier molecular flexibility index (Phi) is 8.73. The van der Waals surface area contributed by atoms with Crippen LogP contribution in [0.1, 0.15) is 55.5 Å². The Morgan fingerprint density at radius 1 is 1.14 bits per heavy atom. The number of hydrogen-bond donors (Lipinski definition) is 1. The SMILES string of the molecule is CCCN1CCC(C)C(NC(=O)c2ccc(-c3cc4nccc(-c5ccc(OC6CCCOC6)c(C#N)c5)c4o3)cc2)C1. The summed E-state index contributed by atoms with van der Waals surface area (Å²) >= 11 is 0. The number of nitriles is 1. The summed E-state index contributed by atoms with van der Waals surface area (Å²) in [6.07, 6.45) is 5.78. The van der Waals surface area contributed by atoms with Crippen molar-refractivity contribution in [3.8, 4) is 34.3 Å². The van der Waals surface area contributed by atoms with Gasteiger partial charge in [-0.25, -0.2) is 0 Å². The molecule has 6 rings (SSSR count). The Hall–Kier alpha value is -4.19. The molecule has 1 amide bonds. The van der Waals surface area contributed by atoms with Crippen LogP contribution in [0.15, 0.2) is 65.2 Å². The Labute approximate surface area is 252 Å². The molecule has 4 aromatic rings. The van der Waals surface area contributed by atoms with Crippen LogP contribution in [-0.2, 0) is 4.74 Å². The van der Waals surface area contributed by atoms with Gasteiger partial charge >= 0.3 is 0 Å². The van der Waals surface area contributed by atoms with Gasteiger partial charge < -0.3 is 24.1 Å². The number of likely N-dealkylation sites (tertiary alicyclic amines) is 1. The molecule has 1 N–H and O–H groups in total. The first-order valence-corrected chi connectivity index (χ1v) is 15.3. The molecule has 2 fully saturated rings. The summed E-state index contributed by atoms with van der Waals surface area (Å²) in [5.74, 6) is 1.63. The second-order valence-corrected chi connectivity index (χ2v) is 11.7. The number of furan rings is 1. The Bertz CT molecular complexity index is 1620. The molecule has 0 aliphatic carbocycles. The number of amides is 1. The first-order valence-electron chi connectivity index (χ1n) is 15.3. The molecule has 0 radical (unpaired) electrons. The number of nitrogens with one attached hydrogen (secondary N) is 1. The van der Waals surface area contributed by atoms with Crippen molar-refractivity contribution >= 4 is 17.0 Å². The van der Waals surface area contributed by atoms with Crippen LogP contribution in [0.4, 0.5) is 0 Å². The second kappa shape index (κ2) is 13.0. The van der Waals surface area contributed by atoms with Crippen molar-refractivity contribution in [1.29, 1.82) is 5.26 Å². The fourth-order valence-electron chi connectivity index (χ4n) is 6.06. The lowest BCUT2D eigenvalue weighted by molar-refractivity contribution is 0.00732. The monoisotopic (exact) mass is 578 g/mol. The van der Waals surface area contributed by atoms with Crippen LogP contribution in [0.3, 0.4) is 0 Å². The minimum atomic E-state index is -0.0490. The molecule has 0 bridgehead atoms. The lowest BCUT2D eigenvalue weighted by Gasteiger charge is -2.37. The van der Waals surface area contributed by atoms with E-state index in [0.29, 0.717) is 40.7 Å². The van der Waals surface area contributed by atoms with Crippen molar-refractivity contribution in [3.05, 3.63) is 71.9 Å². The van der Waals surface area contributed by atoms with Crippen LogP contribution >= 0.6 is 0 Å². The van der Waals surface area contributed by atoms with E-state index in [9.17, 15) is 10.1 Å². The molecule has 8 nitrogen and oxygen atoms in total. The van der Waals surface area contributed by atoms with Crippen molar-refractivity contribution in [3.63, 3.8) is 0 Å². The molecule has 3 atom stereocenters. The van der Waals surface area contributed by atoms with Gasteiger partial charge in [-0.3, -0.25) is 9.78 Å². The lowest BCUT2D eigenvalue weighted by Crippen LogP contribution is -2.51. The van der Waals surface area contributed by atoms with E-state index in [1.807, 2.05) is 54.6 Å². The molecular formula is C35H38N4O4. The molecule has 0 spiro atoms. The lowest BCUT2D eigenvalue weighted by atomic mass is 9.93. The van der Waals surface area contributed by atoms with Gasteiger partial charge in [-0.15, -0.1) is 0 Å². The number of rotatable bonds is 8. The molecular weight excluding hydrogens is 540 g/mol. The zero-order chi connectivity index (χ0) is 29.8. The normalized spacial score (nSPS) is 20.9. The fourth-order valence-corrected chi connectivity index (χ4v) is 6.06. The smallest absolute Gasteiger partial charge is 0.251 e. The summed E-state index contributed by atoms with van der Waals surface area (Å²) in [4.78, 5) is 20.1. The molecule has 43 heavy (non-hydrogen) atoms. The number of fused-ring (bicyclic) bond motifs is 1. The maximum absolute atomic E-state index is 13.1. The maximum atomic E-state index is 13.1. The zero-order valence-corrected chi connectivity index (χ0v) is 24.8. The van der Waals surface area contributed by atoms with Crippen molar-refractivity contribution in [1.82, 2.24) is 15.2 Å². The third-order valence-electron chi connectivity index (χ3n) is 8.57. The fraction of sp³-hybridized carbons (Fsp3) is 0.400. The van der Waals surface area contributed by atoms with E-state index in [-0.39, 0.29) is 18.1 Å². The third kappa shape index (κ3) is 6.43. The summed E-state index contributed by atoms with van der Waals surface area (Å²) < 4.78 is 18.0. The first kappa shape index (κ1) is 28.9. The van der Waals surface area contributed by atoms with Gasteiger partial charge in [-0.2, -0.15) is 5.26 Å². The predicted molar refractivity (Wildman–Crippen MR) is 166 cm³/mol. The van der Waals surface area contributed by atoms with Gasteiger partial charge in [0.25, 0.3) is 5.91 Å². The van der Waals surface area contributed by atoms with E-state index >= 15 is 0 Å². The van der Waals surface area contributed by atoms with Gasteiger partial charge in [-0.1, -0.05) is 32.0 Å². The number of carbonyl (C=O) groups excluding carboxylic acids is 1. The van der Waals surface area contributed by atoms with E-state index in [0.717, 1.165) is 74.1 Å². The van der Waals surface area contributed by atoms with Crippen molar-refractivity contribution < 1.29 is 18.7 Å². The van der Waals surface area contributed by atoms with Crippen LogP contribution in [-0.4, -0.2) is 60.8 Å².